The highest BCUT2D eigenvalue weighted by Crippen LogP contribution is 2.22. The highest BCUT2D eigenvalue weighted by molar-refractivity contribution is 7.90. The molecule has 1 rings (SSSR count). The van der Waals surface area contributed by atoms with Crippen LogP contribution in [0.1, 0.15) is 31.1 Å². The number of nitrogens with one attached hydrogen (secondary N) is 1. The minimum absolute atomic E-state index is 0.191. The maximum Gasteiger partial charge on any atom is 0.340 e. The molecule has 0 aromatic heterocycles. The number of hydrogen-bond donors (Lipinski definition) is 1. The van der Waals surface area contributed by atoms with Crippen molar-refractivity contribution in [3.8, 4) is 0 Å². The number of carbonyl (C=O) groups excluding carboxylic acids is 1. The van der Waals surface area contributed by atoms with E-state index in [0.29, 0.717) is 0 Å². The van der Waals surface area contributed by atoms with E-state index in [1.807, 2.05) is 0 Å². The van der Waals surface area contributed by atoms with E-state index in [2.05, 4.69) is 9.46 Å². The lowest BCUT2D eigenvalue weighted by Gasteiger charge is -2.27. The van der Waals surface area contributed by atoms with Crippen LogP contribution >= 0.6 is 0 Å². The summed E-state index contributed by atoms with van der Waals surface area (Å²) in [5.41, 5.74) is -0.166. The van der Waals surface area contributed by atoms with Gasteiger partial charge in [-0.1, -0.05) is 12.1 Å². The van der Waals surface area contributed by atoms with Crippen molar-refractivity contribution in [1.82, 2.24) is 4.72 Å². The molecule has 7 heteroatoms. The van der Waals surface area contributed by atoms with Crippen molar-refractivity contribution < 1.29 is 17.9 Å². The summed E-state index contributed by atoms with van der Waals surface area (Å²) in [5, 5.41) is 0. The fraction of sp³-hybridized carbons (Fsp3) is 0.462. The molecule has 0 atom stereocenters. The van der Waals surface area contributed by atoms with Gasteiger partial charge in [-0.3, -0.25) is 4.31 Å². The highest BCUT2D eigenvalue weighted by Gasteiger charge is 2.27. The zero-order valence-corrected chi connectivity index (χ0v) is 13.1. The average Bonchev–Trinajstić information content (AvgIpc) is 2.34. The van der Waals surface area contributed by atoms with E-state index in [1.54, 1.807) is 39.0 Å². The second kappa shape index (κ2) is 5.80. The summed E-state index contributed by atoms with van der Waals surface area (Å²) in [4.78, 5) is 11.7. The highest BCUT2D eigenvalue weighted by atomic mass is 32.2. The predicted octanol–water partition coefficient (Wildman–Crippen LogP) is 1.54. The molecule has 0 spiro atoms. The third-order valence-electron chi connectivity index (χ3n) is 2.44. The Bertz CT molecular complexity index is 591. The molecule has 1 N–H and O–H groups in total. The molecule has 0 saturated carbocycles. The monoisotopic (exact) mass is 300 g/mol. The molecule has 1 aromatic carbocycles. The van der Waals surface area contributed by atoms with Crippen molar-refractivity contribution in [1.29, 1.82) is 0 Å². The van der Waals surface area contributed by atoms with Crippen LogP contribution in [0.15, 0.2) is 24.3 Å². The summed E-state index contributed by atoms with van der Waals surface area (Å²) >= 11 is 0. The molecule has 0 unspecified atom stereocenters. The standard InChI is InChI=1S/C13H20N2O4S/c1-13(2,3)14-20(17,18)15(4)11-9-7-6-8-10(11)12(16)19-5/h6-9,14H,1-5H3. The van der Waals surface area contributed by atoms with Crippen LogP contribution in [0.5, 0.6) is 0 Å². The zero-order valence-electron chi connectivity index (χ0n) is 12.3. The van der Waals surface area contributed by atoms with Gasteiger partial charge in [0, 0.05) is 12.6 Å². The molecule has 1 aromatic rings. The first kappa shape index (κ1) is 16.5. The first-order valence-electron chi connectivity index (χ1n) is 6.03. The number of anilines is 1. The Morgan fingerprint density at radius 3 is 2.30 bits per heavy atom. The lowest BCUT2D eigenvalue weighted by atomic mass is 10.1. The van der Waals surface area contributed by atoms with Crippen molar-refractivity contribution in [3.05, 3.63) is 29.8 Å². The minimum Gasteiger partial charge on any atom is -0.465 e. The molecule has 20 heavy (non-hydrogen) atoms. The normalized spacial score (nSPS) is 12.1. The van der Waals surface area contributed by atoms with E-state index in [9.17, 15) is 13.2 Å². The summed E-state index contributed by atoms with van der Waals surface area (Å²) in [6, 6.07) is 6.37. The Balaban J connectivity index is 3.22. The van der Waals surface area contributed by atoms with E-state index in [4.69, 9.17) is 0 Å². The Labute approximate surface area is 119 Å². The third kappa shape index (κ3) is 3.94. The van der Waals surface area contributed by atoms with Crippen LogP contribution in [0.4, 0.5) is 5.69 Å². The summed E-state index contributed by atoms with van der Waals surface area (Å²) in [7, 11) is -1.12. The van der Waals surface area contributed by atoms with Gasteiger partial charge in [0.05, 0.1) is 18.4 Å². The number of ether oxygens (including phenoxy) is 1. The first-order chi connectivity index (χ1) is 9.08. The van der Waals surface area contributed by atoms with Gasteiger partial charge in [0.25, 0.3) is 0 Å². The van der Waals surface area contributed by atoms with E-state index in [-0.39, 0.29) is 11.3 Å². The summed E-state index contributed by atoms with van der Waals surface area (Å²) < 4.78 is 32.8. The molecule has 0 aliphatic rings. The Kier molecular flexibility index (Phi) is 4.77. The Morgan fingerprint density at radius 2 is 1.80 bits per heavy atom. The fourth-order valence-electron chi connectivity index (χ4n) is 1.62. The number of hydrogen-bond acceptors (Lipinski definition) is 4. The molecule has 0 aliphatic heterocycles. The maximum atomic E-state index is 12.3. The van der Waals surface area contributed by atoms with Crippen LogP contribution in [0.3, 0.4) is 0 Å². The molecule has 0 bridgehead atoms. The summed E-state index contributed by atoms with van der Waals surface area (Å²) in [6.45, 7) is 5.22. The van der Waals surface area contributed by atoms with Gasteiger partial charge in [-0.2, -0.15) is 13.1 Å². The van der Waals surface area contributed by atoms with Gasteiger partial charge in [-0.05, 0) is 32.9 Å². The largest absolute Gasteiger partial charge is 0.465 e. The van der Waals surface area contributed by atoms with Gasteiger partial charge in [0.15, 0.2) is 0 Å². The number of benzene rings is 1. The van der Waals surface area contributed by atoms with Gasteiger partial charge in [0.2, 0.25) is 0 Å². The second-order valence-corrected chi connectivity index (χ2v) is 7.04. The molecule has 0 fully saturated rings. The van der Waals surface area contributed by atoms with Gasteiger partial charge >= 0.3 is 16.2 Å². The number of nitrogens with zero attached hydrogens (tertiary/aromatic N) is 1. The van der Waals surface area contributed by atoms with Gasteiger partial charge in [0.1, 0.15) is 0 Å². The number of rotatable bonds is 4. The van der Waals surface area contributed by atoms with Crippen LogP contribution in [-0.4, -0.2) is 34.1 Å². The number of para-hydroxylation sites is 1. The third-order valence-corrected chi connectivity index (χ3v) is 4.23. The Hall–Kier alpha value is -1.60. The lowest BCUT2D eigenvalue weighted by molar-refractivity contribution is 0.0601. The predicted molar refractivity (Wildman–Crippen MR) is 78.0 cm³/mol. The van der Waals surface area contributed by atoms with E-state index >= 15 is 0 Å². The molecule has 0 radical (unpaired) electrons. The minimum atomic E-state index is -3.76. The molecule has 0 heterocycles. The molecule has 6 nitrogen and oxygen atoms in total. The second-order valence-electron chi connectivity index (χ2n) is 5.33. The topological polar surface area (TPSA) is 75.7 Å². The van der Waals surface area contributed by atoms with Gasteiger partial charge < -0.3 is 4.74 Å². The smallest absolute Gasteiger partial charge is 0.340 e. The summed E-state index contributed by atoms with van der Waals surface area (Å²) in [6.07, 6.45) is 0. The quantitative estimate of drug-likeness (QED) is 0.856. The van der Waals surface area contributed by atoms with Crippen molar-refractivity contribution >= 4 is 21.9 Å². The van der Waals surface area contributed by atoms with Crippen molar-refractivity contribution in [2.45, 2.75) is 26.3 Å². The fourth-order valence-corrected chi connectivity index (χ4v) is 2.94. The Morgan fingerprint density at radius 1 is 1.25 bits per heavy atom. The summed E-state index contributed by atoms with van der Waals surface area (Å²) in [5.74, 6) is -0.585. The molecular formula is C13H20N2O4S. The van der Waals surface area contributed by atoms with Crippen molar-refractivity contribution in [2.75, 3.05) is 18.5 Å². The zero-order chi connectivity index (χ0) is 15.6. The van der Waals surface area contributed by atoms with Gasteiger partial charge in [-0.15, -0.1) is 0 Å². The van der Waals surface area contributed by atoms with E-state index in [0.717, 1.165) is 4.31 Å². The number of methoxy groups -OCH3 is 1. The van der Waals surface area contributed by atoms with Crippen LogP contribution in [0.25, 0.3) is 0 Å². The van der Waals surface area contributed by atoms with E-state index < -0.39 is 21.7 Å². The number of esters is 1. The molecule has 0 saturated heterocycles. The number of carbonyl (C=O) groups is 1. The van der Waals surface area contributed by atoms with E-state index in [1.165, 1.54) is 20.2 Å². The van der Waals surface area contributed by atoms with Crippen molar-refractivity contribution in [2.24, 2.45) is 0 Å². The van der Waals surface area contributed by atoms with Crippen molar-refractivity contribution in [3.63, 3.8) is 0 Å². The molecular weight excluding hydrogens is 280 g/mol. The van der Waals surface area contributed by atoms with Crippen LogP contribution in [-0.2, 0) is 14.9 Å². The SMILES string of the molecule is COC(=O)c1ccccc1N(C)S(=O)(=O)NC(C)(C)C. The van der Waals surface area contributed by atoms with Gasteiger partial charge in [-0.25, -0.2) is 4.79 Å². The van der Waals surface area contributed by atoms with Crippen LogP contribution in [0.2, 0.25) is 0 Å². The van der Waals surface area contributed by atoms with Crippen LogP contribution in [0, 0.1) is 0 Å². The molecule has 112 valence electrons. The molecule has 0 aliphatic carbocycles. The average molecular weight is 300 g/mol. The first-order valence-corrected chi connectivity index (χ1v) is 7.47. The maximum absolute atomic E-state index is 12.3. The molecule has 0 amide bonds. The van der Waals surface area contributed by atoms with Crippen LogP contribution < -0.4 is 9.03 Å². The lowest BCUT2D eigenvalue weighted by Crippen LogP contribution is -2.48.